The van der Waals surface area contributed by atoms with Crippen LogP contribution in [0.4, 0.5) is 4.39 Å². The summed E-state index contributed by atoms with van der Waals surface area (Å²) in [6.45, 7) is 0.360. The molecule has 1 atom stereocenters. The van der Waals surface area contributed by atoms with E-state index >= 15 is 0 Å². The number of aromatic nitrogens is 1. The number of pyridine rings is 1. The standard InChI is InChI=1S/C8H11FN2O/c9-6-2-4-11-7(5-6)8(12)1-3-10/h2,4-5,8,12H,1,3,10H2/t8-/m1/s1. The van der Waals surface area contributed by atoms with E-state index in [0.717, 1.165) is 0 Å². The number of halogens is 1. The summed E-state index contributed by atoms with van der Waals surface area (Å²) in [6, 6.07) is 2.44. The van der Waals surface area contributed by atoms with Gasteiger partial charge >= 0.3 is 0 Å². The van der Waals surface area contributed by atoms with Gasteiger partial charge in [-0.2, -0.15) is 0 Å². The minimum absolute atomic E-state index is 0.334. The molecule has 0 bridgehead atoms. The van der Waals surface area contributed by atoms with E-state index in [0.29, 0.717) is 18.7 Å². The van der Waals surface area contributed by atoms with Crippen molar-refractivity contribution in [1.29, 1.82) is 0 Å². The third kappa shape index (κ3) is 2.25. The van der Waals surface area contributed by atoms with Crippen LogP contribution in [0.2, 0.25) is 0 Å². The lowest BCUT2D eigenvalue weighted by molar-refractivity contribution is 0.165. The summed E-state index contributed by atoms with van der Waals surface area (Å²) < 4.78 is 12.6. The molecule has 0 fully saturated rings. The van der Waals surface area contributed by atoms with Crippen LogP contribution in [0.25, 0.3) is 0 Å². The lowest BCUT2D eigenvalue weighted by Crippen LogP contribution is -2.08. The van der Waals surface area contributed by atoms with Crippen molar-refractivity contribution < 1.29 is 9.50 Å². The number of nitrogens with two attached hydrogens (primary N) is 1. The second-order valence-corrected chi connectivity index (χ2v) is 2.49. The predicted octanol–water partition coefficient (Wildman–Crippen LogP) is 0.603. The van der Waals surface area contributed by atoms with Crippen LogP contribution in [0.15, 0.2) is 18.3 Å². The third-order valence-electron chi connectivity index (χ3n) is 1.52. The zero-order valence-corrected chi connectivity index (χ0v) is 6.57. The summed E-state index contributed by atoms with van der Waals surface area (Å²) in [6.07, 6.45) is 0.964. The Morgan fingerprint density at radius 2 is 2.42 bits per heavy atom. The molecule has 4 heteroatoms. The Hall–Kier alpha value is -1.00. The van der Waals surface area contributed by atoms with Gasteiger partial charge in [-0.05, 0) is 25.1 Å². The fraction of sp³-hybridized carbons (Fsp3) is 0.375. The number of aliphatic hydroxyl groups is 1. The Labute approximate surface area is 70.0 Å². The molecule has 0 spiro atoms. The van der Waals surface area contributed by atoms with E-state index < -0.39 is 11.9 Å². The molecule has 0 aliphatic carbocycles. The molecule has 1 rings (SSSR count). The van der Waals surface area contributed by atoms with E-state index in [9.17, 15) is 9.50 Å². The maximum Gasteiger partial charge on any atom is 0.126 e. The van der Waals surface area contributed by atoms with Crippen molar-refractivity contribution >= 4 is 0 Å². The van der Waals surface area contributed by atoms with Gasteiger partial charge in [0.25, 0.3) is 0 Å². The Morgan fingerprint density at radius 1 is 1.67 bits per heavy atom. The summed E-state index contributed by atoms with van der Waals surface area (Å²) in [5, 5.41) is 9.34. The fourth-order valence-electron chi connectivity index (χ4n) is 0.909. The van der Waals surface area contributed by atoms with Crippen molar-refractivity contribution in [2.24, 2.45) is 5.73 Å². The quantitative estimate of drug-likeness (QED) is 0.698. The number of hydrogen-bond donors (Lipinski definition) is 2. The number of rotatable bonds is 3. The van der Waals surface area contributed by atoms with Crippen molar-refractivity contribution in [3.05, 3.63) is 29.8 Å². The third-order valence-corrected chi connectivity index (χ3v) is 1.52. The molecule has 0 unspecified atom stereocenters. The monoisotopic (exact) mass is 170 g/mol. The van der Waals surface area contributed by atoms with Gasteiger partial charge in [-0.1, -0.05) is 0 Å². The molecule has 66 valence electrons. The van der Waals surface area contributed by atoms with Gasteiger partial charge in [-0.15, -0.1) is 0 Å². The summed E-state index contributed by atoms with van der Waals surface area (Å²) in [5.74, 6) is -0.393. The fourth-order valence-corrected chi connectivity index (χ4v) is 0.909. The molecule has 3 N–H and O–H groups in total. The van der Waals surface area contributed by atoms with Gasteiger partial charge in [-0.3, -0.25) is 4.98 Å². The van der Waals surface area contributed by atoms with Crippen molar-refractivity contribution in [3.63, 3.8) is 0 Å². The predicted molar refractivity (Wildman–Crippen MR) is 42.8 cm³/mol. The van der Waals surface area contributed by atoms with Crippen LogP contribution >= 0.6 is 0 Å². The van der Waals surface area contributed by atoms with Gasteiger partial charge < -0.3 is 10.8 Å². The largest absolute Gasteiger partial charge is 0.387 e. The number of hydrogen-bond acceptors (Lipinski definition) is 3. The molecule has 0 aliphatic heterocycles. The Bertz CT molecular complexity index is 255. The molecule has 0 radical (unpaired) electrons. The SMILES string of the molecule is NCC[C@@H](O)c1cc(F)ccn1. The van der Waals surface area contributed by atoms with E-state index in [1.54, 1.807) is 0 Å². The molecule has 0 saturated carbocycles. The number of nitrogens with zero attached hydrogens (tertiary/aromatic N) is 1. The maximum absolute atomic E-state index is 12.6. The summed E-state index contributed by atoms with van der Waals surface area (Å²) >= 11 is 0. The van der Waals surface area contributed by atoms with Crippen LogP contribution in [0, 0.1) is 5.82 Å². The molecule has 3 nitrogen and oxygen atoms in total. The lowest BCUT2D eigenvalue weighted by Gasteiger charge is -2.07. The van der Waals surface area contributed by atoms with E-state index in [1.807, 2.05) is 0 Å². The highest BCUT2D eigenvalue weighted by atomic mass is 19.1. The van der Waals surface area contributed by atoms with Crippen LogP contribution in [-0.4, -0.2) is 16.6 Å². The van der Waals surface area contributed by atoms with Crippen molar-refractivity contribution in [3.8, 4) is 0 Å². The minimum Gasteiger partial charge on any atom is -0.387 e. The summed E-state index contributed by atoms with van der Waals surface area (Å²) in [4.78, 5) is 3.81. The molecule has 0 saturated heterocycles. The van der Waals surface area contributed by atoms with Crippen LogP contribution in [0.5, 0.6) is 0 Å². The first kappa shape index (κ1) is 9.09. The van der Waals surface area contributed by atoms with Crippen molar-refractivity contribution in [1.82, 2.24) is 4.98 Å². The van der Waals surface area contributed by atoms with Gasteiger partial charge in [0.05, 0.1) is 11.8 Å². The first-order chi connectivity index (χ1) is 5.74. The van der Waals surface area contributed by atoms with E-state index in [1.165, 1.54) is 18.3 Å². The first-order valence-electron chi connectivity index (χ1n) is 3.73. The zero-order chi connectivity index (χ0) is 8.97. The van der Waals surface area contributed by atoms with E-state index in [-0.39, 0.29) is 0 Å². The maximum atomic E-state index is 12.6. The molecule has 1 aromatic rings. The molecule has 0 aliphatic rings. The van der Waals surface area contributed by atoms with Gasteiger partial charge in [-0.25, -0.2) is 4.39 Å². The smallest absolute Gasteiger partial charge is 0.126 e. The topological polar surface area (TPSA) is 59.1 Å². The van der Waals surface area contributed by atoms with Crippen LogP contribution in [-0.2, 0) is 0 Å². The Kier molecular flexibility index (Phi) is 3.13. The molecular weight excluding hydrogens is 159 g/mol. The Morgan fingerprint density at radius 3 is 3.00 bits per heavy atom. The second-order valence-electron chi connectivity index (χ2n) is 2.49. The molecule has 1 aromatic heterocycles. The van der Waals surface area contributed by atoms with Crippen LogP contribution in [0.3, 0.4) is 0 Å². The minimum atomic E-state index is -0.759. The van der Waals surface area contributed by atoms with Crippen molar-refractivity contribution in [2.75, 3.05) is 6.54 Å². The normalized spacial score (nSPS) is 12.9. The van der Waals surface area contributed by atoms with E-state index in [4.69, 9.17) is 5.73 Å². The molecule has 0 aromatic carbocycles. The van der Waals surface area contributed by atoms with Crippen molar-refractivity contribution in [2.45, 2.75) is 12.5 Å². The molecule has 0 amide bonds. The Balaban J connectivity index is 2.73. The zero-order valence-electron chi connectivity index (χ0n) is 6.57. The lowest BCUT2D eigenvalue weighted by atomic mass is 10.2. The van der Waals surface area contributed by atoms with Gasteiger partial charge in [0.2, 0.25) is 0 Å². The summed E-state index contributed by atoms with van der Waals surface area (Å²) in [7, 11) is 0. The van der Waals surface area contributed by atoms with Crippen LogP contribution in [0.1, 0.15) is 18.2 Å². The molecular formula is C8H11FN2O. The average molecular weight is 170 g/mol. The van der Waals surface area contributed by atoms with E-state index in [2.05, 4.69) is 4.98 Å². The molecule has 12 heavy (non-hydrogen) atoms. The van der Waals surface area contributed by atoms with Gasteiger partial charge in [0, 0.05) is 6.20 Å². The highest BCUT2D eigenvalue weighted by Gasteiger charge is 2.07. The number of aliphatic hydroxyl groups excluding tert-OH is 1. The molecule has 1 heterocycles. The average Bonchev–Trinajstić information content (AvgIpc) is 2.05. The second kappa shape index (κ2) is 4.13. The summed E-state index contributed by atoms with van der Waals surface area (Å²) in [5.41, 5.74) is 5.56. The first-order valence-corrected chi connectivity index (χ1v) is 3.73. The highest BCUT2D eigenvalue weighted by molar-refractivity contribution is 5.08. The van der Waals surface area contributed by atoms with Gasteiger partial charge in [0.15, 0.2) is 0 Å². The van der Waals surface area contributed by atoms with Crippen LogP contribution < -0.4 is 5.73 Å². The highest BCUT2D eigenvalue weighted by Crippen LogP contribution is 2.13. The van der Waals surface area contributed by atoms with Gasteiger partial charge in [0.1, 0.15) is 5.82 Å².